The maximum atomic E-state index is 5.91. The first kappa shape index (κ1) is 12.5. The molecule has 18 heavy (non-hydrogen) atoms. The van der Waals surface area contributed by atoms with E-state index in [1.54, 1.807) is 0 Å². The minimum Gasteiger partial charge on any atom is -0.327 e. The third kappa shape index (κ3) is 2.07. The molecule has 3 heterocycles. The van der Waals surface area contributed by atoms with E-state index in [0.717, 1.165) is 51.4 Å². The number of ether oxygens (including phenoxy) is 3. The monoisotopic (exact) mass is 250 g/mol. The fraction of sp³-hybridized carbons (Fsp3) is 0.867. The van der Waals surface area contributed by atoms with Crippen molar-refractivity contribution in [1.29, 1.82) is 0 Å². The summed E-state index contributed by atoms with van der Waals surface area (Å²) in [5.74, 6) is 2.66. The maximum Gasteiger partial charge on any atom is 0.282 e. The van der Waals surface area contributed by atoms with Crippen molar-refractivity contribution in [3.63, 3.8) is 0 Å². The highest BCUT2D eigenvalue weighted by atomic mass is 16.9. The van der Waals surface area contributed by atoms with Crippen LogP contribution in [-0.2, 0) is 14.2 Å². The van der Waals surface area contributed by atoms with E-state index in [1.165, 1.54) is 19.3 Å². The van der Waals surface area contributed by atoms with E-state index in [1.807, 2.05) is 0 Å². The molecule has 3 saturated heterocycles. The molecule has 100 valence electrons. The van der Waals surface area contributed by atoms with Gasteiger partial charge in [-0.15, -0.1) is 12.3 Å². The number of unbranched alkanes of at least 4 members (excludes halogenated alkanes) is 2. The van der Waals surface area contributed by atoms with E-state index in [-0.39, 0.29) is 5.41 Å². The van der Waals surface area contributed by atoms with Crippen LogP contribution in [0.3, 0.4) is 0 Å². The van der Waals surface area contributed by atoms with Gasteiger partial charge in [-0.05, 0) is 31.6 Å². The molecule has 0 spiro atoms. The third-order valence-electron chi connectivity index (χ3n) is 4.76. The fourth-order valence-corrected chi connectivity index (χ4v) is 3.17. The molecule has 1 saturated carbocycles. The zero-order chi connectivity index (χ0) is 12.5. The van der Waals surface area contributed by atoms with Gasteiger partial charge >= 0.3 is 0 Å². The highest BCUT2D eigenvalue weighted by Crippen LogP contribution is 2.50. The minimum absolute atomic E-state index is 0.152. The van der Waals surface area contributed by atoms with Gasteiger partial charge in [-0.2, -0.15) is 0 Å². The minimum atomic E-state index is -0.750. The van der Waals surface area contributed by atoms with Crippen molar-refractivity contribution in [2.45, 2.75) is 50.9 Å². The predicted molar refractivity (Wildman–Crippen MR) is 67.7 cm³/mol. The SMILES string of the molecule is C#CCCCCC12OCC(C3CCC3)(CO1)CO2. The van der Waals surface area contributed by atoms with Crippen LogP contribution in [0, 0.1) is 23.7 Å². The van der Waals surface area contributed by atoms with Crippen molar-refractivity contribution in [1.82, 2.24) is 0 Å². The van der Waals surface area contributed by atoms with E-state index in [2.05, 4.69) is 5.92 Å². The largest absolute Gasteiger partial charge is 0.327 e. The zero-order valence-electron chi connectivity index (χ0n) is 11.0. The van der Waals surface area contributed by atoms with Crippen LogP contribution < -0.4 is 0 Å². The van der Waals surface area contributed by atoms with Gasteiger partial charge in [-0.25, -0.2) is 0 Å². The average molecular weight is 250 g/mol. The van der Waals surface area contributed by atoms with Crippen molar-refractivity contribution in [2.75, 3.05) is 19.8 Å². The van der Waals surface area contributed by atoms with E-state index < -0.39 is 5.97 Å². The van der Waals surface area contributed by atoms with Gasteiger partial charge in [0, 0.05) is 18.3 Å². The molecular weight excluding hydrogens is 228 g/mol. The van der Waals surface area contributed by atoms with Gasteiger partial charge in [0.25, 0.3) is 5.97 Å². The molecule has 1 aliphatic carbocycles. The molecule has 0 radical (unpaired) electrons. The first-order valence-corrected chi connectivity index (χ1v) is 7.14. The van der Waals surface area contributed by atoms with Crippen LogP contribution in [0.25, 0.3) is 0 Å². The summed E-state index contributed by atoms with van der Waals surface area (Å²) in [4.78, 5) is 0. The number of fused-ring (bicyclic) bond motifs is 3. The Hall–Kier alpha value is -0.560. The molecule has 2 bridgehead atoms. The summed E-state index contributed by atoms with van der Waals surface area (Å²) in [6.45, 7) is 2.44. The Bertz CT molecular complexity index is 316. The second kappa shape index (κ2) is 4.85. The lowest BCUT2D eigenvalue weighted by atomic mass is 9.65. The second-order valence-corrected chi connectivity index (χ2v) is 5.95. The third-order valence-corrected chi connectivity index (χ3v) is 4.76. The Balaban J connectivity index is 1.52. The lowest BCUT2D eigenvalue weighted by Gasteiger charge is -2.56. The van der Waals surface area contributed by atoms with Gasteiger partial charge in [-0.3, -0.25) is 0 Å². The van der Waals surface area contributed by atoms with Crippen LogP contribution in [0.1, 0.15) is 44.9 Å². The Morgan fingerprint density at radius 3 is 2.22 bits per heavy atom. The lowest BCUT2D eigenvalue weighted by Crippen LogP contribution is -2.63. The first-order valence-electron chi connectivity index (χ1n) is 7.14. The molecule has 0 aromatic carbocycles. The Morgan fingerprint density at radius 1 is 1.06 bits per heavy atom. The number of terminal acetylenes is 1. The van der Waals surface area contributed by atoms with Crippen LogP contribution in [0.2, 0.25) is 0 Å². The van der Waals surface area contributed by atoms with Gasteiger partial charge in [-0.1, -0.05) is 6.42 Å². The summed E-state index contributed by atoms with van der Waals surface area (Å²) < 4.78 is 17.7. The van der Waals surface area contributed by atoms with Crippen LogP contribution >= 0.6 is 0 Å². The highest BCUT2D eigenvalue weighted by molar-refractivity contribution is 4.96. The molecule has 4 rings (SSSR count). The maximum absolute atomic E-state index is 5.91. The Morgan fingerprint density at radius 2 is 1.72 bits per heavy atom. The predicted octanol–water partition coefficient (Wildman–Crippen LogP) is 2.70. The standard InChI is InChI=1S/C15H22O3/c1-2-3-4-5-9-15-16-10-14(11-17-15,12-18-15)13-7-6-8-13/h1,13H,3-12H2. The van der Waals surface area contributed by atoms with Gasteiger partial charge in [0.2, 0.25) is 0 Å². The second-order valence-electron chi connectivity index (χ2n) is 5.95. The molecule has 3 nitrogen and oxygen atoms in total. The van der Waals surface area contributed by atoms with E-state index in [9.17, 15) is 0 Å². The van der Waals surface area contributed by atoms with E-state index >= 15 is 0 Å². The van der Waals surface area contributed by atoms with Crippen molar-refractivity contribution < 1.29 is 14.2 Å². The highest BCUT2D eigenvalue weighted by Gasteiger charge is 2.56. The lowest BCUT2D eigenvalue weighted by molar-refractivity contribution is -0.477. The topological polar surface area (TPSA) is 27.7 Å². The molecule has 0 aromatic rings. The summed E-state index contributed by atoms with van der Waals surface area (Å²) in [6.07, 6.45) is 12.9. The molecule has 3 heteroatoms. The molecule has 0 aromatic heterocycles. The molecule has 0 unspecified atom stereocenters. The van der Waals surface area contributed by atoms with Crippen LogP contribution in [0.4, 0.5) is 0 Å². The van der Waals surface area contributed by atoms with Crippen molar-refractivity contribution >= 4 is 0 Å². The molecule has 3 aliphatic heterocycles. The molecule has 0 amide bonds. The number of hydrogen-bond acceptors (Lipinski definition) is 3. The van der Waals surface area contributed by atoms with Crippen molar-refractivity contribution in [2.24, 2.45) is 11.3 Å². The fourth-order valence-electron chi connectivity index (χ4n) is 3.17. The smallest absolute Gasteiger partial charge is 0.282 e. The number of rotatable bonds is 5. The van der Waals surface area contributed by atoms with Gasteiger partial charge in [0.15, 0.2) is 0 Å². The van der Waals surface area contributed by atoms with Crippen molar-refractivity contribution in [3.05, 3.63) is 0 Å². The van der Waals surface area contributed by atoms with Gasteiger partial charge in [0.05, 0.1) is 19.8 Å². The quantitative estimate of drug-likeness (QED) is 0.554. The Kier molecular flexibility index (Phi) is 3.36. The average Bonchev–Trinajstić information content (AvgIpc) is 2.35. The number of hydrogen-bond donors (Lipinski definition) is 0. The van der Waals surface area contributed by atoms with Crippen LogP contribution in [0.15, 0.2) is 0 Å². The molecular formula is C15H22O3. The summed E-state index contributed by atoms with van der Waals surface area (Å²) in [7, 11) is 0. The van der Waals surface area contributed by atoms with Crippen molar-refractivity contribution in [3.8, 4) is 12.3 Å². The molecule has 0 N–H and O–H groups in total. The summed E-state index contributed by atoms with van der Waals surface area (Å²) in [5.41, 5.74) is 0.152. The zero-order valence-corrected chi connectivity index (χ0v) is 11.0. The van der Waals surface area contributed by atoms with Gasteiger partial charge < -0.3 is 14.2 Å². The van der Waals surface area contributed by atoms with Crippen LogP contribution in [0.5, 0.6) is 0 Å². The van der Waals surface area contributed by atoms with E-state index in [0.29, 0.717) is 0 Å². The summed E-state index contributed by atoms with van der Waals surface area (Å²) in [6, 6.07) is 0. The van der Waals surface area contributed by atoms with Gasteiger partial charge in [0.1, 0.15) is 0 Å². The molecule has 4 aliphatic rings. The molecule has 0 atom stereocenters. The van der Waals surface area contributed by atoms with E-state index in [4.69, 9.17) is 20.6 Å². The normalized spacial score (nSPS) is 39.3. The summed E-state index contributed by atoms with van der Waals surface area (Å²) >= 11 is 0. The first-order chi connectivity index (χ1) is 8.79. The summed E-state index contributed by atoms with van der Waals surface area (Å²) in [5, 5.41) is 0. The van der Waals surface area contributed by atoms with Crippen LogP contribution in [-0.4, -0.2) is 25.8 Å². The molecule has 4 fully saturated rings. The Labute approximate surface area is 109 Å².